The van der Waals surface area contributed by atoms with Crippen LogP contribution in [-0.2, 0) is 0 Å². The smallest absolute Gasteiger partial charge is 0.0168 e. The van der Waals surface area contributed by atoms with E-state index in [1.165, 1.54) is 20.3 Å². The average Bonchev–Trinajstić information content (AvgIpc) is 1.99. The van der Waals surface area contributed by atoms with Gasteiger partial charge < -0.3 is 0 Å². The molecule has 0 N–H and O–H groups in total. The number of aryl methyl sites for hydroxylation is 1. The first-order valence-corrected chi connectivity index (χ1v) is 4.62. The van der Waals surface area contributed by atoms with Crippen LogP contribution in [0.25, 0.3) is 6.08 Å². The van der Waals surface area contributed by atoms with Crippen LogP contribution in [0.15, 0.2) is 18.7 Å². The van der Waals surface area contributed by atoms with Crippen LogP contribution >= 0.6 is 22.6 Å². The summed E-state index contributed by atoms with van der Waals surface area (Å²) in [6.07, 6.45) is 1.88. The van der Waals surface area contributed by atoms with E-state index in [1.54, 1.807) is 0 Å². The summed E-state index contributed by atoms with van der Waals surface area (Å²) in [6, 6.07) is 4.31. The molecule has 0 bridgehead atoms. The highest BCUT2D eigenvalue weighted by Gasteiger charge is 1.98. The number of hydrogen-bond acceptors (Lipinski definition) is 0. The van der Waals surface area contributed by atoms with Crippen molar-refractivity contribution in [3.63, 3.8) is 0 Å². The minimum Gasteiger partial charge on any atom is -0.0985 e. The monoisotopic (exact) mass is 258 g/mol. The standard InChI is InChI=1S/C10H11I/c1-4-9-5-7(2)8(3)10(11)6-9/h4-6H,1H2,2-3H3. The van der Waals surface area contributed by atoms with Gasteiger partial charge in [0.05, 0.1) is 0 Å². The number of hydrogen-bond donors (Lipinski definition) is 0. The molecule has 58 valence electrons. The molecule has 0 fully saturated rings. The molecule has 0 radical (unpaired) electrons. The molecule has 0 heterocycles. The fourth-order valence-corrected chi connectivity index (χ4v) is 1.75. The van der Waals surface area contributed by atoms with Gasteiger partial charge in [-0.05, 0) is 59.2 Å². The molecule has 0 unspecified atom stereocenters. The maximum Gasteiger partial charge on any atom is 0.0168 e. The Morgan fingerprint density at radius 2 is 2.00 bits per heavy atom. The van der Waals surface area contributed by atoms with Crippen LogP contribution in [0, 0.1) is 17.4 Å². The maximum absolute atomic E-state index is 3.74. The molecule has 1 heteroatoms. The Balaban J connectivity index is 3.31. The first-order chi connectivity index (χ1) is 5.15. The summed E-state index contributed by atoms with van der Waals surface area (Å²) in [4.78, 5) is 0. The second-order valence-corrected chi connectivity index (χ2v) is 3.81. The lowest BCUT2D eigenvalue weighted by molar-refractivity contribution is 1.31. The summed E-state index contributed by atoms with van der Waals surface area (Å²) in [5, 5.41) is 0. The fraction of sp³-hybridized carbons (Fsp3) is 0.200. The van der Waals surface area contributed by atoms with Crippen molar-refractivity contribution in [2.24, 2.45) is 0 Å². The second kappa shape index (κ2) is 3.39. The summed E-state index contributed by atoms with van der Waals surface area (Å²) in [5.74, 6) is 0. The van der Waals surface area contributed by atoms with Crippen LogP contribution < -0.4 is 0 Å². The molecule has 0 aliphatic heterocycles. The van der Waals surface area contributed by atoms with Crippen molar-refractivity contribution in [2.75, 3.05) is 0 Å². The third-order valence-corrected chi connectivity index (χ3v) is 2.98. The van der Waals surface area contributed by atoms with E-state index in [2.05, 4.69) is 55.2 Å². The van der Waals surface area contributed by atoms with Crippen molar-refractivity contribution < 1.29 is 0 Å². The van der Waals surface area contributed by atoms with Crippen molar-refractivity contribution in [3.05, 3.63) is 39.0 Å². The van der Waals surface area contributed by atoms with E-state index >= 15 is 0 Å². The van der Waals surface area contributed by atoms with Gasteiger partial charge in [-0.2, -0.15) is 0 Å². The molecule has 0 saturated carbocycles. The summed E-state index contributed by atoms with van der Waals surface area (Å²) < 4.78 is 1.32. The van der Waals surface area contributed by atoms with Gasteiger partial charge in [0.25, 0.3) is 0 Å². The van der Waals surface area contributed by atoms with Crippen LogP contribution in [-0.4, -0.2) is 0 Å². The van der Waals surface area contributed by atoms with Gasteiger partial charge in [0.1, 0.15) is 0 Å². The number of benzene rings is 1. The molecule has 0 amide bonds. The minimum atomic E-state index is 1.21. The average molecular weight is 258 g/mol. The van der Waals surface area contributed by atoms with Gasteiger partial charge >= 0.3 is 0 Å². The minimum absolute atomic E-state index is 1.21. The number of halogens is 1. The molecule has 1 rings (SSSR count). The molecule has 1 aromatic carbocycles. The molecular formula is C10H11I. The molecule has 0 nitrogen and oxygen atoms in total. The van der Waals surface area contributed by atoms with E-state index in [1.807, 2.05) is 6.08 Å². The second-order valence-electron chi connectivity index (χ2n) is 2.65. The molecule has 0 aliphatic carbocycles. The normalized spacial score (nSPS) is 9.73. The molecule has 1 aromatic rings. The van der Waals surface area contributed by atoms with Crippen molar-refractivity contribution in [2.45, 2.75) is 13.8 Å². The highest BCUT2D eigenvalue weighted by atomic mass is 127. The molecule has 0 aromatic heterocycles. The van der Waals surface area contributed by atoms with Gasteiger partial charge in [0, 0.05) is 3.57 Å². The van der Waals surface area contributed by atoms with Crippen molar-refractivity contribution in [3.8, 4) is 0 Å². The predicted molar refractivity (Wildman–Crippen MR) is 58.7 cm³/mol. The van der Waals surface area contributed by atoms with Crippen LogP contribution in [0.1, 0.15) is 16.7 Å². The lowest BCUT2D eigenvalue weighted by Crippen LogP contribution is -1.86. The van der Waals surface area contributed by atoms with E-state index in [0.29, 0.717) is 0 Å². The topological polar surface area (TPSA) is 0 Å². The highest BCUT2D eigenvalue weighted by Crippen LogP contribution is 2.18. The van der Waals surface area contributed by atoms with Crippen LogP contribution in [0.4, 0.5) is 0 Å². The summed E-state index contributed by atoms with van der Waals surface area (Å²) in [7, 11) is 0. The van der Waals surface area contributed by atoms with Gasteiger partial charge in [0.15, 0.2) is 0 Å². The Kier molecular flexibility index (Phi) is 2.71. The number of rotatable bonds is 1. The van der Waals surface area contributed by atoms with Gasteiger partial charge in [-0.25, -0.2) is 0 Å². The Labute approximate surface area is 81.5 Å². The molecule has 0 atom stereocenters. The van der Waals surface area contributed by atoms with Crippen LogP contribution in [0.3, 0.4) is 0 Å². The zero-order valence-electron chi connectivity index (χ0n) is 6.82. The zero-order valence-corrected chi connectivity index (χ0v) is 8.97. The van der Waals surface area contributed by atoms with E-state index in [9.17, 15) is 0 Å². The maximum atomic E-state index is 3.74. The quantitative estimate of drug-likeness (QED) is 0.676. The van der Waals surface area contributed by atoms with Crippen molar-refractivity contribution in [1.82, 2.24) is 0 Å². The summed E-state index contributed by atoms with van der Waals surface area (Å²) in [6.45, 7) is 8.01. The fourth-order valence-electron chi connectivity index (χ4n) is 0.961. The SMILES string of the molecule is C=Cc1cc(C)c(C)c(I)c1. The molecule has 0 aliphatic rings. The van der Waals surface area contributed by atoms with E-state index in [-0.39, 0.29) is 0 Å². The largest absolute Gasteiger partial charge is 0.0985 e. The van der Waals surface area contributed by atoms with Crippen LogP contribution in [0.5, 0.6) is 0 Å². The van der Waals surface area contributed by atoms with Gasteiger partial charge in [-0.15, -0.1) is 0 Å². The van der Waals surface area contributed by atoms with E-state index in [0.717, 1.165) is 0 Å². The summed E-state index contributed by atoms with van der Waals surface area (Å²) >= 11 is 2.35. The highest BCUT2D eigenvalue weighted by molar-refractivity contribution is 14.1. The molecule has 0 saturated heterocycles. The Morgan fingerprint density at radius 1 is 1.36 bits per heavy atom. The zero-order chi connectivity index (χ0) is 8.43. The summed E-state index contributed by atoms with van der Waals surface area (Å²) in [5.41, 5.74) is 3.92. The Morgan fingerprint density at radius 3 is 2.45 bits per heavy atom. The molecular weight excluding hydrogens is 247 g/mol. The Bertz CT molecular complexity index is 264. The Hall–Kier alpha value is -0.310. The van der Waals surface area contributed by atoms with E-state index < -0.39 is 0 Å². The van der Waals surface area contributed by atoms with Gasteiger partial charge in [0.2, 0.25) is 0 Å². The van der Waals surface area contributed by atoms with Gasteiger partial charge in [-0.1, -0.05) is 18.7 Å². The predicted octanol–water partition coefficient (Wildman–Crippen LogP) is 3.55. The van der Waals surface area contributed by atoms with E-state index in [4.69, 9.17) is 0 Å². The van der Waals surface area contributed by atoms with Crippen molar-refractivity contribution >= 4 is 28.7 Å². The first kappa shape index (κ1) is 8.78. The van der Waals surface area contributed by atoms with Crippen molar-refractivity contribution in [1.29, 1.82) is 0 Å². The molecule has 11 heavy (non-hydrogen) atoms. The van der Waals surface area contributed by atoms with Crippen LogP contribution in [0.2, 0.25) is 0 Å². The molecule has 0 spiro atoms. The third-order valence-electron chi connectivity index (χ3n) is 1.86. The van der Waals surface area contributed by atoms with Gasteiger partial charge in [-0.3, -0.25) is 0 Å². The lowest BCUT2D eigenvalue weighted by Gasteiger charge is -2.04. The first-order valence-electron chi connectivity index (χ1n) is 3.54. The lowest BCUT2D eigenvalue weighted by atomic mass is 10.1. The third kappa shape index (κ3) is 1.83.